The van der Waals surface area contributed by atoms with Crippen LogP contribution in [0.1, 0.15) is 10.4 Å². The predicted molar refractivity (Wildman–Crippen MR) is 58.5 cm³/mol. The lowest BCUT2D eigenvalue weighted by molar-refractivity contribution is 0.0937. The molecule has 0 radical (unpaired) electrons. The van der Waals surface area contributed by atoms with Crippen molar-refractivity contribution in [3.63, 3.8) is 0 Å². The minimum absolute atomic E-state index is 0.135. The zero-order valence-corrected chi connectivity index (χ0v) is 8.62. The Morgan fingerprint density at radius 1 is 1.53 bits per heavy atom. The largest absolute Gasteiger partial charge is 0.383 e. The molecule has 1 aromatic carbocycles. The normalized spacial score (nSPS) is 9.73. The van der Waals surface area contributed by atoms with E-state index in [-0.39, 0.29) is 5.91 Å². The first kappa shape index (κ1) is 11.5. The molecule has 4 N–H and O–H groups in total. The molecule has 0 atom stereocenters. The van der Waals surface area contributed by atoms with Crippen LogP contribution in [-0.2, 0) is 4.74 Å². The smallest absolute Gasteiger partial charge is 0.251 e. The minimum atomic E-state index is -0.135. The van der Waals surface area contributed by atoms with E-state index in [4.69, 9.17) is 10.6 Å². The Bertz CT molecular complexity index is 328. The van der Waals surface area contributed by atoms with E-state index < -0.39 is 0 Å². The van der Waals surface area contributed by atoms with Crippen LogP contribution >= 0.6 is 0 Å². The summed E-state index contributed by atoms with van der Waals surface area (Å²) in [5.41, 5.74) is 3.76. The summed E-state index contributed by atoms with van der Waals surface area (Å²) in [6, 6.07) is 6.96. The van der Waals surface area contributed by atoms with Crippen LogP contribution in [0.5, 0.6) is 0 Å². The molecule has 0 fully saturated rings. The van der Waals surface area contributed by atoms with Crippen LogP contribution in [0.25, 0.3) is 0 Å². The molecule has 15 heavy (non-hydrogen) atoms. The van der Waals surface area contributed by atoms with E-state index in [0.29, 0.717) is 24.4 Å². The molecule has 0 unspecified atom stereocenters. The van der Waals surface area contributed by atoms with Gasteiger partial charge in [-0.15, -0.1) is 0 Å². The van der Waals surface area contributed by atoms with Crippen LogP contribution in [0.2, 0.25) is 0 Å². The fourth-order valence-electron chi connectivity index (χ4n) is 1.12. The van der Waals surface area contributed by atoms with Crippen molar-refractivity contribution in [1.82, 2.24) is 5.32 Å². The Balaban J connectivity index is 2.57. The van der Waals surface area contributed by atoms with Crippen molar-refractivity contribution in [3.05, 3.63) is 29.8 Å². The van der Waals surface area contributed by atoms with E-state index in [9.17, 15) is 4.79 Å². The monoisotopic (exact) mass is 209 g/mol. The van der Waals surface area contributed by atoms with Gasteiger partial charge in [0.1, 0.15) is 0 Å². The van der Waals surface area contributed by atoms with Crippen LogP contribution in [0.15, 0.2) is 24.3 Å². The number of methoxy groups -OCH3 is 1. The van der Waals surface area contributed by atoms with Gasteiger partial charge in [-0.05, 0) is 18.2 Å². The third-order valence-electron chi connectivity index (χ3n) is 1.88. The Kier molecular flexibility index (Phi) is 4.59. The Hall–Kier alpha value is -1.59. The molecule has 1 rings (SSSR count). The summed E-state index contributed by atoms with van der Waals surface area (Å²) in [4.78, 5) is 11.6. The first-order valence-electron chi connectivity index (χ1n) is 4.61. The van der Waals surface area contributed by atoms with Gasteiger partial charge in [-0.1, -0.05) is 6.07 Å². The summed E-state index contributed by atoms with van der Waals surface area (Å²) >= 11 is 0. The molecule has 0 aliphatic rings. The second kappa shape index (κ2) is 6.00. The molecule has 1 amide bonds. The molecule has 0 aromatic heterocycles. The number of amides is 1. The molecule has 1 aromatic rings. The van der Waals surface area contributed by atoms with Gasteiger partial charge in [0, 0.05) is 24.9 Å². The number of nitrogens with two attached hydrogens (primary N) is 1. The lowest BCUT2D eigenvalue weighted by Crippen LogP contribution is -2.27. The van der Waals surface area contributed by atoms with E-state index in [2.05, 4.69) is 10.7 Å². The third kappa shape index (κ3) is 3.57. The van der Waals surface area contributed by atoms with E-state index in [1.165, 1.54) is 0 Å². The highest BCUT2D eigenvalue weighted by Gasteiger charge is 2.04. The highest BCUT2D eigenvalue weighted by atomic mass is 16.5. The summed E-state index contributed by atoms with van der Waals surface area (Å²) < 4.78 is 4.83. The lowest BCUT2D eigenvalue weighted by Gasteiger charge is -2.06. The topological polar surface area (TPSA) is 76.4 Å². The van der Waals surface area contributed by atoms with E-state index in [1.54, 1.807) is 31.4 Å². The molecule has 82 valence electrons. The van der Waals surface area contributed by atoms with E-state index in [1.807, 2.05) is 0 Å². The number of rotatable bonds is 5. The SMILES string of the molecule is COCCNC(=O)c1cccc(NN)c1. The number of carbonyl (C=O) groups is 1. The highest BCUT2D eigenvalue weighted by molar-refractivity contribution is 5.95. The number of benzene rings is 1. The summed E-state index contributed by atoms with van der Waals surface area (Å²) in [6.07, 6.45) is 0. The zero-order valence-electron chi connectivity index (χ0n) is 8.62. The molecule has 5 heteroatoms. The standard InChI is InChI=1S/C10H15N3O2/c1-15-6-5-12-10(14)8-3-2-4-9(7-8)13-11/h2-4,7,13H,5-6,11H2,1H3,(H,12,14). The second-order valence-corrected chi connectivity index (χ2v) is 2.97. The maximum atomic E-state index is 11.6. The Labute approximate surface area is 88.6 Å². The third-order valence-corrected chi connectivity index (χ3v) is 1.88. The first-order valence-corrected chi connectivity index (χ1v) is 4.61. The van der Waals surface area contributed by atoms with Crippen molar-refractivity contribution < 1.29 is 9.53 Å². The van der Waals surface area contributed by atoms with Crippen molar-refractivity contribution >= 4 is 11.6 Å². The Morgan fingerprint density at radius 2 is 2.33 bits per heavy atom. The van der Waals surface area contributed by atoms with Crippen LogP contribution in [0.3, 0.4) is 0 Å². The maximum absolute atomic E-state index is 11.6. The van der Waals surface area contributed by atoms with Crippen LogP contribution in [0.4, 0.5) is 5.69 Å². The van der Waals surface area contributed by atoms with Crippen molar-refractivity contribution in [1.29, 1.82) is 0 Å². The summed E-state index contributed by atoms with van der Waals surface area (Å²) in [6.45, 7) is 0.996. The fraction of sp³-hybridized carbons (Fsp3) is 0.300. The number of carbonyl (C=O) groups excluding carboxylic acids is 1. The predicted octanol–water partition coefficient (Wildman–Crippen LogP) is 0.348. The number of hydrazine groups is 1. The van der Waals surface area contributed by atoms with E-state index in [0.717, 1.165) is 0 Å². The van der Waals surface area contributed by atoms with Gasteiger partial charge >= 0.3 is 0 Å². The highest BCUT2D eigenvalue weighted by Crippen LogP contribution is 2.08. The van der Waals surface area contributed by atoms with Crippen molar-refractivity contribution in [2.75, 3.05) is 25.7 Å². The quantitative estimate of drug-likeness (QED) is 0.371. The average Bonchev–Trinajstić information content (AvgIpc) is 2.29. The van der Waals surface area contributed by atoms with E-state index >= 15 is 0 Å². The van der Waals surface area contributed by atoms with Crippen molar-refractivity contribution in [3.8, 4) is 0 Å². The zero-order chi connectivity index (χ0) is 11.1. The molecule has 0 spiro atoms. The van der Waals surface area contributed by atoms with Crippen LogP contribution in [-0.4, -0.2) is 26.2 Å². The van der Waals surface area contributed by atoms with Gasteiger partial charge in [0.25, 0.3) is 5.91 Å². The summed E-state index contributed by atoms with van der Waals surface area (Å²) in [5, 5.41) is 2.72. The molecular weight excluding hydrogens is 194 g/mol. The first-order chi connectivity index (χ1) is 7.27. The van der Waals surface area contributed by atoms with Gasteiger partial charge in [-0.3, -0.25) is 10.6 Å². The molecule has 0 saturated heterocycles. The van der Waals surface area contributed by atoms with Gasteiger partial charge < -0.3 is 15.5 Å². The molecule has 0 saturated carbocycles. The Morgan fingerprint density at radius 3 is 3.00 bits per heavy atom. The van der Waals surface area contributed by atoms with Crippen LogP contribution < -0.4 is 16.6 Å². The number of ether oxygens (including phenoxy) is 1. The maximum Gasteiger partial charge on any atom is 0.251 e. The van der Waals surface area contributed by atoms with Gasteiger partial charge in [0.05, 0.1) is 6.61 Å². The minimum Gasteiger partial charge on any atom is -0.383 e. The summed E-state index contributed by atoms with van der Waals surface area (Å²) in [7, 11) is 1.59. The van der Waals surface area contributed by atoms with Crippen LogP contribution in [0, 0.1) is 0 Å². The summed E-state index contributed by atoms with van der Waals surface area (Å²) in [5.74, 6) is 5.10. The second-order valence-electron chi connectivity index (χ2n) is 2.97. The molecule has 5 nitrogen and oxygen atoms in total. The molecule has 0 bridgehead atoms. The van der Waals surface area contributed by atoms with Gasteiger partial charge in [0.15, 0.2) is 0 Å². The number of anilines is 1. The van der Waals surface area contributed by atoms with Gasteiger partial charge in [-0.25, -0.2) is 0 Å². The molecular formula is C10H15N3O2. The number of hydrogen-bond acceptors (Lipinski definition) is 4. The van der Waals surface area contributed by atoms with Crippen molar-refractivity contribution in [2.24, 2.45) is 5.84 Å². The van der Waals surface area contributed by atoms with Gasteiger partial charge in [-0.2, -0.15) is 0 Å². The number of hydrogen-bond donors (Lipinski definition) is 3. The van der Waals surface area contributed by atoms with Gasteiger partial charge in [0.2, 0.25) is 0 Å². The fourth-order valence-corrected chi connectivity index (χ4v) is 1.12. The molecule has 0 heterocycles. The van der Waals surface area contributed by atoms with Crippen molar-refractivity contribution in [2.45, 2.75) is 0 Å². The molecule has 0 aliphatic heterocycles. The molecule has 0 aliphatic carbocycles. The number of nitrogen functional groups attached to an aromatic ring is 1. The average molecular weight is 209 g/mol. The number of nitrogens with one attached hydrogen (secondary N) is 2. The lowest BCUT2D eigenvalue weighted by atomic mass is 10.2.